The molecule has 4 rings (SSSR count). The summed E-state index contributed by atoms with van der Waals surface area (Å²) in [7, 11) is 0. The Kier molecular flexibility index (Phi) is 4.46. The molecule has 0 aliphatic carbocycles. The van der Waals surface area contributed by atoms with Crippen LogP contribution >= 0.6 is 0 Å². The third-order valence-electron chi connectivity index (χ3n) is 6.21. The van der Waals surface area contributed by atoms with Gasteiger partial charge in [0.1, 0.15) is 5.69 Å². The van der Waals surface area contributed by atoms with Crippen molar-refractivity contribution >= 4 is 22.8 Å². The van der Waals surface area contributed by atoms with E-state index in [1.54, 1.807) is 4.90 Å². The summed E-state index contributed by atoms with van der Waals surface area (Å²) in [5.41, 5.74) is 3.76. The first-order chi connectivity index (χ1) is 13.4. The first-order valence-corrected chi connectivity index (χ1v) is 9.59. The van der Waals surface area contributed by atoms with Crippen molar-refractivity contribution in [3.05, 3.63) is 70.9 Å². The van der Waals surface area contributed by atoms with Crippen LogP contribution in [-0.2, 0) is 10.2 Å². The van der Waals surface area contributed by atoms with Crippen LogP contribution in [0.5, 0.6) is 0 Å². The second-order valence-electron chi connectivity index (χ2n) is 7.70. The van der Waals surface area contributed by atoms with E-state index in [4.69, 9.17) is 0 Å². The van der Waals surface area contributed by atoms with E-state index in [-0.39, 0.29) is 5.91 Å². The molecule has 5 nitrogen and oxygen atoms in total. The standard InChI is InChI=1S/C23H24N2O3/c1-15-8-9-19-18(16(15)2)14-20(24-19)21(26)25-12-10-23(11-13-25,22(27)28)17-6-4-3-5-7-17/h3-9,14,24H,10-13H2,1-2H3,(H,27,28). The van der Waals surface area contributed by atoms with Crippen LogP contribution in [0.1, 0.15) is 40.0 Å². The summed E-state index contributed by atoms with van der Waals surface area (Å²) in [4.78, 5) is 30.1. The van der Waals surface area contributed by atoms with Gasteiger partial charge in [0.2, 0.25) is 0 Å². The van der Waals surface area contributed by atoms with Crippen LogP contribution in [0, 0.1) is 13.8 Å². The Morgan fingerprint density at radius 1 is 1.04 bits per heavy atom. The summed E-state index contributed by atoms with van der Waals surface area (Å²) in [5.74, 6) is -0.886. The fraction of sp³-hybridized carbons (Fsp3) is 0.304. The average Bonchev–Trinajstić information content (AvgIpc) is 3.16. The van der Waals surface area contributed by atoms with Crippen molar-refractivity contribution in [2.24, 2.45) is 0 Å². The fourth-order valence-electron chi connectivity index (χ4n) is 4.22. The molecule has 3 aromatic rings. The van der Waals surface area contributed by atoms with Crippen LogP contribution < -0.4 is 0 Å². The van der Waals surface area contributed by atoms with Gasteiger partial charge in [-0.3, -0.25) is 9.59 Å². The predicted octanol–water partition coefficient (Wildman–Crippen LogP) is 4.04. The molecule has 1 aliphatic heterocycles. The van der Waals surface area contributed by atoms with Crippen molar-refractivity contribution < 1.29 is 14.7 Å². The topological polar surface area (TPSA) is 73.4 Å². The van der Waals surface area contributed by atoms with Crippen molar-refractivity contribution in [1.29, 1.82) is 0 Å². The smallest absolute Gasteiger partial charge is 0.314 e. The number of piperidine rings is 1. The summed E-state index contributed by atoms with van der Waals surface area (Å²) >= 11 is 0. The molecule has 2 heterocycles. The second-order valence-corrected chi connectivity index (χ2v) is 7.70. The maximum absolute atomic E-state index is 13.0. The largest absolute Gasteiger partial charge is 0.481 e. The Morgan fingerprint density at radius 3 is 2.36 bits per heavy atom. The van der Waals surface area contributed by atoms with Gasteiger partial charge in [-0.1, -0.05) is 36.4 Å². The number of rotatable bonds is 3. The van der Waals surface area contributed by atoms with Crippen LogP contribution in [0.4, 0.5) is 0 Å². The number of nitrogens with zero attached hydrogens (tertiary/aromatic N) is 1. The summed E-state index contributed by atoms with van der Waals surface area (Å²) in [5, 5.41) is 11.0. The van der Waals surface area contributed by atoms with E-state index in [0.29, 0.717) is 31.6 Å². The zero-order chi connectivity index (χ0) is 19.9. The molecule has 0 unspecified atom stereocenters. The van der Waals surface area contributed by atoms with Gasteiger partial charge in [0.15, 0.2) is 0 Å². The summed E-state index contributed by atoms with van der Waals surface area (Å²) in [6.07, 6.45) is 0.826. The number of carbonyl (C=O) groups is 2. The zero-order valence-electron chi connectivity index (χ0n) is 16.2. The van der Waals surface area contributed by atoms with Crippen LogP contribution in [-0.4, -0.2) is 40.0 Å². The third kappa shape index (κ3) is 2.87. The molecule has 1 saturated heterocycles. The number of amides is 1. The highest BCUT2D eigenvalue weighted by Crippen LogP contribution is 2.36. The normalized spacial score (nSPS) is 16.3. The number of benzene rings is 2. The molecule has 1 aromatic heterocycles. The number of H-pyrrole nitrogens is 1. The quantitative estimate of drug-likeness (QED) is 0.724. The third-order valence-corrected chi connectivity index (χ3v) is 6.21. The number of aliphatic carboxylic acids is 1. The minimum Gasteiger partial charge on any atom is -0.481 e. The van der Waals surface area contributed by atoms with E-state index in [9.17, 15) is 14.7 Å². The molecular formula is C23H24N2O3. The minimum absolute atomic E-state index is 0.0692. The van der Waals surface area contributed by atoms with E-state index in [1.165, 1.54) is 11.1 Å². The van der Waals surface area contributed by atoms with Crippen molar-refractivity contribution in [2.45, 2.75) is 32.1 Å². The van der Waals surface area contributed by atoms with Crippen molar-refractivity contribution in [2.75, 3.05) is 13.1 Å². The van der Waals surface area contributed by atoms with Gasteiger partial charge in [-0.15, -0.1) is 0 Å². The van der Waals surface area contributed by atoms with E-state index in [0.717, 1.165) is 16.5 Å². The number of fused-ring (bicyclic) bond motifs is 1. The number of nitrogens with one attached hydrogen (secondary N) is 1. The van der Waals surface area contributed by atoms with Crippen molar-refractivity contribution in [3.63, 3.8) is 0 Å². The van der Waals surface area contributed by atoms with Crippen LogP contribution in [0.3, 0.4) is 0 Å². The first kappa shape index (κ1) is 18.3. The lowest BCUT2D eigenvalue weighted by Crippen LogP contribution is -2.49. The monoisotopic (exact) mass is 376 g/mol. The molecule has 2 N–H and O–H groups in total. The van der Waals surface area contributed by atoms with Gasteiger partial charge in [-0.25, -0.2) is 0 Å². The second kappa shape index (κ2) is 6.82. The van der Waals surface area contributed by atoms with Gasteiger partial charge in [0, 0.05) is 24.0 Å². The molecule has 2 aromatic carbocycles. The number of aryl methyl sites for hydroxylation is 2. The number of hydrogen-bond acceptors (Lipinski definition) is 2. The maximum atomic E-state index is 13.0. The minimum atomic E-state index is -0.924. The number of carboxylic acid groups (broad SMARTS) is 1. The number of hydrogen-bond donors (Lipinski definition) is 2. The predicted molar refractivity (Wildman–Crippen MR) is 109 cm³/mol. The van der Waals surface area contributed by atoms with Crippen LogP contribution in [0.2, 0.25) is 0 Å². The number of likely N-dealkylation sites (tertiary alicyclic amines) is 1. The molecule has 1 aliphatic rings. The van der Waals surface area contributed by atoms with Gasteiger partial charge in [-0.05, 0) is 55.5 Å². The van der Waals surface area contributed by atoms with Crippen molar-refractivity contribution in [3.8, 4) is 0 Å². The Hall–Kier alpha value is -3.08. The average molecular weight is 376 g/mol. The SMILES string of the molecule is Cc1ccc2[nH]c(C(=O)N3CCC(C(=O)O)(c4ccccc4)CC3)cc2c1C. The molecule has 0 bridgehead atoms. The lowest BCUT2D eigenvalue weighted by atomic mass is 9.73. The summed E-state index contributed by atoms with van der Waals surface area (Å²) in [6.45, 7) is 4.96. The summed E-state index contributed by atoms with van der Waals surface area (Å²) in [6, 6.07) is 15.3. The molecule has 144 valence electrons. The van der Waals surface area contributed by atoms with E-state index >= 15 is 0 Å². The molecule has 1 fully saturated rings. The molecule has 28 heavy (non-hydrogen) atoms. The highest BCUT2D eigenvalue weighted by molar-refractivity contribution is 5.99. The molecular weight excluding hydrogens is 352 g/mol. The molecule has 5 heteroatoms. The molecule has 0 radical (unpaired) electrons. The van der Waals surface area contributed by atoms with E-state index in [2.05, 4.69) is 18.8 Å². The van der Waals surface area contributed by atoms with Gasteiger partial charge in [0.25, 0.3) is 5.91 Å². The lowest BCUT2D eigenvalue weighted by molar-refractivity contribution is -0.145. The van der Waals surface area contributed by atoms with Gasteiger partial charge in [0.05, 0.1) is 5.41 Å². The number of aromatic nitrogens is 1. The highest BCUT2D eigenvalue weighted by Gasteiger charge is 2.44. The Balaban J connectivity index is 1.57. The first-order valence-electron chi connectivity index (χ1n) is 9.59. The molecule has 0 atom stereocenters. The molecule has 0 spiro atoms. The Morgan fingerprint density at radius 2 is 1.71 bits per heavy atom. The molecule has 0 saturated carbocycles. The zero-order valence-corrected chi connectivity index (χ0v) is 16.2. The Bertz CT molecular complexity index is 1040. The highest BCUT2D eigenvalue weighted by atomic mass is 16.4. The molecule has 1 amide bonds. The summed E-state index contributed by atoms with van der Waals surface area (Å²) < 4.78 is 0. The number of carboxylic acids is 1. The van der Waals surface area contributed by atoms with Gasteiger partial charge >= 0.3 is 5.97 Å². The van der Waals surface area contributed by atoms with Crippen LogP contribution in [0.15, 0.2) is 48.5 Å². The maximum Gasteiger partial charge on any atom is 0.314 e. The lowest BCUT2D eigenvalue weighted by Gasteiger charge is -2.39. The number of carbonyl (C=O) groups excluding carboxylic acids is 1. The van der Waals surface area contributed by atoms with Crippen LogP contribution in [0.25, 0.3) is 10.9 Å². The van der Waals surface area contributed by atoms with E-state index in [1.807, 2.05) is 48.5 Å². The van der Waals surface area contributed by atoms with E-state index < -0.39 is 11.4 Å². The van der Waals surface area contributed by atoms with Gasteiger partial charge in [-0.2, -0.15) is 0 Å². The van der Waals surface area contributed by atoms with Crippen molar-refractivity contribution in [1.82, 2.24) is 9.88 Å². The fourth-order valence-corrected chi connectivity index (χ4v) is 4.22. The Labute approximate surface area is 164 Å². The number of aromatic amines is 1. The van der Waals surface area contributed by atoms with Gasteiger partial charge < -0.3 is 15.0 Å².